The molecule has 1 aliphatic rings. The van der Waals surface area contributed by atoms with Crippen LogP contribution in [0.5, 0.6) is 0 Å². The number of halogens is 2. The summed E-state index contributed by atoms with van der Waals surface area (Å²) in [5, 5.41) is 10.8. The number of alkyl halides is 2. The summed E-state index contributed by atoms with van der Waals surface area (Å²) in [4.78, 5) is 14.0. The van der Waals surface area contributed by atoms with Crippen LogP contribution in [0.1, 0.15) is 39.7 Å². The standard InChI is InChI=1S/C13H15F2N5O/c1-7-5-11(18-20(7)13(14)15)12(21)19-4-3-10-9(6-19)8(2)16-17-10/h5,13H,3-4,6H2,1-2H3,(H,16,17). The third kappa shape index (κ3) is 2.30. The number of carbonyl (C=O) groups is 1. The van der Waals surface area contributed by atoms with Gasteiger partial charge < -0.3 is 4.90 Å². The molecule has 0 bridgehead atoms. The van der Waals surface area contributed by atoms with Gasteiger partial charge in [0.1, 0.15) is 0 Å². The predicted octanol–water partition coefficient (Wildman–Crippen LogP) is 1.82. The zero-order chi connectivity index (χ0) is 15.1. The molecule has 0 radical (unpaired) electrons. The number of hydrogen-bond acceptors (Lipinski definition) is 3. The Morgan fingerprint density at radius 2 is 2.19 bits per heavy atom. The largest absolute Gasteiger partial charge is 0.333 e. The summed E-state index contributed by atoms with van der Waals surface area (Å²) in [5.74, 6) is -0.330. The number of rotatable bonds is 2. The summed E-state index contributed by atoms with van der Waals surface area (Å²) < 4.78 is 26.0. The molecule has 1 amide bonds. The number of nitrogens with one attached hydrogen (secondary N) is 1. The monoisotopic (exact) mass is 295 g/mol. The van der Waals surface area contributed by atoms with Crippen LogP contribution in [0, 0.1) is 13.8 Å². The highest BCUT2D eigenvalue weighted by atomic mass is 19.3. The zero-order valence-electron chi connectivity index (χ0n) is 11.7. The van der Waals surface area contributed by atoms with E-state index in [-0.39, 0.29) is 17.3 Å². The fourth-order valence-electron chi connectivity index (χ4n) is 2.56. The molecular weight excluding hydrogens is 280 g/mol. The summed E-state index contributed by atoms with van der Waals surface area (Å²) in [6, 6.07) is 1.40. The second kappa shape index (κ2) is 4.94. The smallest absolute Gasteiger partial charge is 0.332 e. The van der Waals surface area contributed by atoms with Crippen LogP contribution < -0.4 is 0 Å². The summed E-state index contributed by atoms with van der Waals surface area (Å²) >= 11 is 0. The summed E-state index contributed by atoms with van der Waals surface area (Å²) in [6.45, 7) is 1.60. The Morgan fingerprint density at radius 3 is 2.86 bits per heavy atom. The Morgan fingerprint density at radius 1 is 1.43 bits per heavy atom. The Labute approximate surface area is 119 Å². The van der Waals surface area contributed by atoms with E-state index in [1.165, 1.54) is 13.0 Å². The number of carbonyl (C=O) groups excluding carboxylic acids is 1. The molecule has 2 aromatic rings. The molecule has 3 rings (SSSR count). The molecule has 8 heteroatoms. The average Bonchev–Trinajstić information content (AvgIpc) is 3.02. The van der Waals surface area contributed by atoms with Gasteiger partial charge >= 0.3 is 6.55 Å². The number of hydrogen-bond donors (Lipinski definition) is 1. The Hall–Kier alpha value is -2.25. The minimum absolute atomic E-state index is 0.0531. The lowest BCUT2D eigenvalue weighted by molar-refractivity contribution is 0.0530. The molecular formula is C13H15F2N5O. The molecule has 0 fully saturated rings. The molecule has 0 aliphatic carbocycles. The molecule has 0 atom stereocenters. The number of nitrogens with zero attached hydrogens (tertiary/aromatic N) is 4. The highest BCUT2D eigenvalue weighted by Crippen LogP contribution is 2.22. The van der Waals surface area contributed by atoms with Gasteiger partial charge in [-0.15, -0.1) is 0 Å². The van der Waals surface area contributed by atoms with E-state index in [4.69, 9.17) is 0 Å². The van der Waals surface area contributed by atoms with Crippen molar-refractivity contribution in [2.24, 2.45) is 0 Å². The van der Waals surface area contributed by atoms with Crippen LogP contribution in [-0.4, -0.2) is 37.3 Å². The lowest BCUT2D eigenvalue weighted by Gasteiger charge is -2.26. The number of aryl methyl sites for hydroxylation is 2. The maximum absolute atomic E-state index is 12.7. The van der Waals surface area contributed by atoms with Gasteiger partial charge in [-0.05, 0) is 19.9 Å². The van der Waals surface area contributed by atoms with Crippen molar-refractivity contribution in [3.8, 4) is 0 Å². The van der Waals surface area contributed by atoms with Crippen molar-refractivity contribution in [1.29, 1.82) is 0 Å². The Kier molecular flexibility index (Phi) is 3.23. The highest BCUT2D eigenvalue weighted by molar-refractivity contribution is 5.92. The van der Waals surface area contributed by atoms with E-state index in [9.17, 15) is 13.6 Å². The highest BCUT2D eigenvalue weighted by Gasteiger charge is 2.27. The van der Waals surface area contributed by atoms with Gasteiger partial charge in [0.2, 0.25) is 0 Å². The van der Waals surface area contributed by atoms with Crippen molar-refractivity contribution in [3.63, 3.8) is 0 Å². The van der Waals surface area contributed by atoms with Gasteiger partial charge in [-0.1, -0.05) is 0 Å². The van der Waals surface area contributed by atoms with Gasteiger partial charge in [0.15, 0.2) is 5.69 Å². The number of H-pyrrole nitrogens is 1. The fraction of sp³-hybridized carbons (Fsp3) is 0.462. The van der Waals surface area contributed by atoms with Crippen LogP contribution in [0.25, 0.3) is 0 Å². The second-order valence-electron chi connectivity index (χ2n) is 5.14. The van der Waals surface area contributed by atoms with E-state index in [1.807, 2.05) is 6.92 Å². The van der Waals surface area contributed by atoms with Gasteiger partial charge in [-0.2, -0.15) is 19.0 Å². The predicted molar refractivity (Wildman–Crippen MR) is 70.0 cm³/mol. The maximum Gasteiger partial charge on any atom is 0.333 e. The molecule has 0 unspecified atom stereocenters. The van der Waals surface area contributed by atoms with Gasteiger partial charge in [-0.25, -0.2) is 4.68 Å². The normalized spacial score (nSPS) is 14.6. The Bertz CT molecular complexity index is 691. The molecule has 1 aliphatic heterocycles. The number of amides is 1. The number of aromatic amines is 1. The van der Waals surface area contributed by atoms with Gasteiger partial charge in [0.25, 0.3) is 5.91 Å². The molecule has 0 aromatic carbocycles. The van der Waals surface area contributed by atoms with Crippen LogP contribution >= 0.6 is 0 Å². The molecule has 2 aromatic heterocycles. The number of fused-ring (bicyclic) bond motifs is 1. The minimum Gasteiger partial charge on any atom is -0.332 e. The molecule has 0 saturated heterocycles. The van der Waals surface area contributed by atoms with Crippen molar-refractivity contribution in [2.45, 2.75) is 33.4 Å². The van der Waals surface area contributed by atoms with Crippen LogP contribution in [0.4, 0.5) is 8.78 Å². The minimum atomic E-state index is -2.74. The lowest BCUT2D eigenvalue weighted by atomic mass is 10.1. The van der Waals surface area contributed by atoms with Gasteiger partial charge in [0.05, 0.1) is 5.69 Å². The molecule has 0 spiro atoms. The topological polar surface area (TPSA) is 66.8 Å². The second-order valence-corrected chi connectivity index (χ2v) is 5.14. The third-order valence-corrected chi connectivity index (χ3v) is 3.74. The maximum atomic E-state index is 12.7. The first-order valence-electron chi connectivity index (χ1n) is 6.63. The molecule has 0 saturated carbocycles. The van der Waals surface area contributed by atoms with E-state index >= 15 is 0 Å². The molecule has 21 heavy (non-hydrogen) atoms. The van der Waals surface area contributed by atoms with Crippen molar-refractivity contribution < 1.29 is 13.6 Å². The lowest BCUT2D eigenvalue weighted by Crippen LogP contribution is -2.36. The first-order valence-corrected chi connectivity index (χ1v) is 6.63. The summed E-state index contributed by atoms with van der Waals surface area (Å²) in [5.41, 5.74) is 3.21. The van der Waals surface area contributed by atoms with Gasteiger partial charge in [-0.3, -0.25) is 9.89 Å². The van der Waals surface area contributed by atoms with Gasteiger partial charge in [0, 0.05) is 36.5 Å². The van der Waals surface area contributed by atoms with E-state index in [2.05, 4.69) is 15.3 Å². The SMILES string of the molecule is Cc1[nH]nc2c1CN(C(=O)c1cc(C)n(C(F)F)n1)CC2. The van der Waals surface area contributed by atoms with E-state index in [0.29, 0.717) is 24.2 Å². The third-order valence-electron chi connectivity index (χ3n) is 3.74. The van der Waals surface area contributed by atoms with Crippen molar-refractivity contribution in [3.05, 3.63) is 34.4 Å². The Balaban J connectivity index is 1.83. The zero-order valence-corrected chi connectivity index (χ0v) is 11.7. The number of aromatic nitrogens is 4. The van der Waals surface area contributed by atoms with Crippen LogP contribution in [0.2, 0.25) is 0 Å². The first kappa shape index (κ1) is 13.7. The van der Waals surface area contributed by atoms with Crippen LogP contribution in [0.3, 0.4) is 0 Å². The summed E-state index contributed by atoms with van der Waals surface area (Å²) in [7, 11) is 0. The molecule has 3 heterocycles. The quantitative estimate of drug-likeness (QED) is 0.919. The molecule has 1 N–H and O–H groups in total. The van der Waals surface area contributed by atoms with Crippen molar-refractivity contribution in [2.75, 3.05) is 6.54 Å². The molecule has 112 valence electrons. The average molecular weight is 295 g/mol. The fourth-order valence-corrected chi connectivity index (χ4v) is 2.56. The van der Waals surface area contributed by atoms with E-state index in [0.717, 1.165) is 17.0 Å². The van der Waals surface area contributed by atoms with Crippen LogP contribution in [-0.2, 0) is 13.0 Å². The first-order chi connectivity index (χ1) is 9.97. The molecule has 6 nitrogen and oxygen atoms in total. The van der Waals surface area contributed by atoms with Crippen molar-refractivity contribution >= 4 is 5.91 Å². The van der Waals surface area contributed by atoms with E-state index < -0.39 is 6.55 Å². The van der Waals surface area contributed by atoms with Crippen LogP contribution in [0.15, 0.2) is 6.07 Å². The van der Waals surface area contributed by atoms with E-state index in [1.54, 1.807) is 4.90 Å². The summed E-state index contributed by atoms with van der Waals surface area (Å²) in [6.07, 6.45) is 0.653. The van der Waals surface area contributed by atoms with Crippen molar-refractivity contribution in [1.82, 2.24) is 24.9 Å².